The summed E-state index contributed by atoms with van der Waals surface area (Å²) in [6.45, 7) is 13.7. The van der Waals surface area contributed by atoms with E-state index in [1.54, 1.807) is 0 Å². The number of hydrogen-bond acceptors (Lipinski definition) is 2. The SMILES string of the molecule is CCCNCCC.Cc1cc(C)c(Cl)c(C2C(C)CCN2C(=P)Cn2nc(C3CC3)cc2C(F)(F)F)c1. The number of hydrogen-bond donors (Lipinski definition) is 1. The van der Waals surface area contributed by atoms with Gasteiger partial charge in [-0.05, 0) is 82.2 Å². The maximum Gasteiger partial charge on any atom is 0.433 e. The molecule has 4 nitrogen and oxygen atoms in total. The van der Waals surface area contributed by atoms with Gasteiger partial charge in [0.05, 0.1) is 12.2 Å². The Balaban J connectivity index is 0.000000479. The molecule has 1 aliphatic carbocycles. The predicted molar refractivity (Wildman–Crippen MR) is 150 cm³/mol. The fourth-order valence-corrected chi connectivity index (χ4v) is 5.62. The average Bonchev–Trinajstić information content (AvgIpc) is 3.47. The molecule has 1 N–H and O–H groups in total. The minimum atomic E-state index is -4.43. The Morgan fingerprint density at radius 2 is 1.76 bits per heavy atom. The van der Waals surface area contributed by atoms with Crippen molar-refractivity contribution in [2.45, 2.75) is 91.4 Å². The van der Waals surface area contributed by atoms with Gasteiger partial charge in [-0.25, -0.2) is 0 Å². The first kappa shape index (κ1) is 30.1. The smallest absolute Gasteiger partial charge is 0.317 e. The first-order chi connectivity index (χ1) is 17.5. The van der Waals surface area contributed by atoms with E-state index in [4.69, 9.17) is 11.6 Å². The van der Waals surface area contributed by atoms with Crippen LogP contribution in [-0.4, -0.2) is 39.7 Å². The van der Waals surface area contributed by atoms with Gasteiger partial charge < -0.3 is 5.32 Å². The molecule has 0 amide bonds. The van der Waals surface area contributed by atoms with E-state index >= 15 is 0 Å². The van der Waals surface area contributed by atoms with E-state index in [2.05, 4.69) is 51.0 Å². The number of rotatable bonds is 9. The highest BCUT2D eigenvalue weighted by atomic mass is 35.5. The van der Waals surface area contributed by atoms with Crippen LogP contribution in [0.4, 0.5) is 13.2 Å². The summed E-state index contributed by atoms with van der Waals surface area (Å²) in [5.41, 5.74) is 3.73. The Bertz CT molecular complexity index is 1060. The van der Waals surface area contributed by atoms with E-state index in [0.29, 0.717) is 17.0 Å². The zero-order valence-corrected chi connectivity index (χ0v) is 24.4. The van der Waals surface area contributed by atoms with Crippen LogP contribution in [0, 0.1) is 19.8 Å². The highest BCUT2D eigenvalue weighted by molar-refractivity contribution is 7.20. The molecule has 2 aromatic rings. The van der Waals surface area contributed by atoms with Gasteiger partial charge in [0.25, 0.3) is 0 Å². The summed E-state index contributed by atoms with van der Waals surface area (Å²) in [5.74, 6) is 0.496. The van der Waals surface area contributed by atoms with Crippen LogP contribution in [0.3, 0.4) is 0 Å². The van der Waals surface area contributed by atoms with Gasteiger partial charge in [-0.1, -0.05) is 50.1 Å². The van der Waals surface area contributed by atoms with E-state index in [-0.39, 0.29) is 18.5 Å². The molecule has 9 heteroatoms. The van der Waals surface area contributed by atoms with Crippen LogP contribution < -0.4 is 5.32 Å². The molecule has 37 heavy (non-hydrogen) atoms. The van der Waals surface area contributed by atoms with Crippen molar-refractivity contribution in [2.75, 3.05) is 19.6 Å². The number of likely N-dealkylation sites (tertiary alicyclic amines) is 1. The summed E-state index contributed by atoms with van der Waals surface area (Å²) in [6.07, 6.45) is 0.840. The molecule has 2 aliphatic rings. The summed E-state index contributed by atoms with van der Waals surface area (Å²) in [7, 11) is 3.66. The van der Waals surface area contributed by atoms with Crippen molar-refractivity contribution < 1.29 is 13.2 Å². The van der Waals surface area contributed by atoms with E-state index in [1.807, 2.05) is 19.9 Å². The van der Waals surface area contributed by atoms with Gasteiger partial charge in [0.1, 0.15) is 5.69 Å². The fourth-order valence-electron chi connectivity index (χ4n) is 5.00. The quantitative estimate of drug-likeness (QED) is 0.253. The van der Waals surface area contributed by atoms with Crippen LogP contribution >= 0.6 is 20.5 Å². The van der Waals surface area contributed by atoms with Crippen molar-refractivity contribution in [1.82, 2.24) is 20.0 Å². The molecule has 0 radical (unpaired) electrons. The Hall–Kier alpha value is -1.40. The van der Waals surface area contributed by atoms with Gasteiger partial charge in [-0.15, -0.1) is 8.86 Å². The third kappa shape index (κ3) is 7.81. The molecule has 0 spiro atoms. The van der Waals surface area contributed by atoms with Gasteiger partial charge in [0, 0.05) is 28.9 Å². The van der Waals surface area contributed by atoms with Crippen molar-refractivity contribution in [3.63, 3.8) is 0 Å². The molecule has 1 aromatic heterocycles. The van der Waals surface area contributed by atoms with Crippen LogP contribution in [0.5, 0.6) is 0 Å². The molecule has 2 heterocycles. The molecular weight excluding hydrogens is 516 g/mol. The van der Waals surface area contributed by atoms with Crippen molar-refractivity contribution in [3.8, 4) is 0 Å². The van der Waals surface area contributed by atoms with E-state index in [0.717, 1.165) is 52.2 Å². The molecule has 2 unspecified atom stereocenters. The second-order valence-electron chi connectivity index (χ2n) is 10.5. The van der Waals surface area contributed by atoms with Crippen molar-refractivity contribution >= 4 is 25.9 Å². The monoisotopic (exact) mass is 556 g/mol. The molecule has 2 fully saturated rings. The number of nitrogens with one attached hydrogen (secondary N) is 1. The number of halogens is 4. The standard InChI is InChI=1S/C22H26ClF3N3P.C6H15N/c1-12-8-14(3)20(23)16(9-12)21-13(2)6-7-28(21)19(30)11-29-18(22(24,25)26)10-17(27-29)15-4-5-15;1-3-5-7-6-4-2/h8-10,13,15,21,30H,4-7,11H2,1-3H3;7H,3-6H2,1-2H3. The van der Waals surface area contributed by atoms with E-state index < -0.39 is 11.9 Å². The van der Waals surface area contributed by atoms with Crippen molar-refractivity contribution in [2.24, 2.45) is 5.92 Å². The lowest BCUT2D eigenvalue weighted by Crippen LogP contribution is -2.34. The summed E-state index contributed by atoms with van der Waals surface area (Å²) in [4.78, 5) is 2.14. The highest BCUT2D eigenvalue weighted by Gasteiger charge is 2.40. The van der Waals surface area contributed by atoms with Crippen LogP contribution in [-0.2, 0) is 12.7 Å². The number of aromatic nitrogens is 2. The Labute approximate surface area is 227 Å². The molecule has 4 rings (SSSR count). The molecule has 206 valence electrons. The van der Waals surface area contributed by atoms with Gasteiger partial charge in [-0.3, -0.25) is 9.58 Å². The largest absolute Gasteiger partial charge is 0.433 e. The highest BCUT2D eigenvalue weighted by Crippen LogP contribution is 2.43. The minimum absolute atomic E-state index is 0.0106. The van der Waals surface area contributed by atoms with Crippen LogP contribution in [0.25, 0.3) is 0 Å². The first-order valence-electron chi connectivity index (χ1n) is 13.4. The topological polar surface area (TPSA) is 33.1 Å². The lowest BCUT2D eigenvalue weighted by atomic mass is 9.93. The third-order valence-corrected chi connectivity index (χ3v) is 7.99. The first-order valence-corrected chi connectivity index (χ1v) is 14.3. The van der Waals surface area contributed by atoms with Crippen LogP contribution in [0.2, 0.25) is 5.02 Å². The number of aryl methyl sites for hydroxylation is 2. The zero-order valence-electron chi connectivity index (χ0n) is 22.7. The summed E-state index contributed by atoms with van der Waals surface area (Å²) in [6, 6.07) is 5.36. The normalized spacial score (nSPS) is 20.1. The molecule has 2 atom stereocenters. The molecule has 1 saturated heterocycles. The maximum absolute atomic E-state index is 13.6. The second-order valence-corrected chi connectivity index (χ2v) is 11.4. The maximum atomic E-state index is 13.6. The van der Waals surface area contributed by atoms with Gasteiger partial charge in [0.2, 0.25) is 0 Å². The molecule has 1 saturated carbocycles. The van der Waals surface area contributed by atoms with E-state index in [9.17, 15) is 13.2 Å². The molecular formula is C28H41ClF3N4P. The fraction of sp³-hybridized carbons (Fsp3) is 0.643. The molecule has 1 aromatic carbocycles. The Kier molecular flexibility index (Phi) is 10.7. The molecule has 0 bridgehead atoms. The van der Waals surface area contributed by atoms with Gasteiger partial charge in [-0.2, -0.15) is 18.3 Å². The van der Waals surface area contributed by atoms with Crippen LogP contribution in [0.1, 0.15) is 92.9 Å². The van der Waals surface area contributed by atoms with Gasteiger partial charge >= 0.3 is 6.18 Å². The summed E-state index contributed by atoms with van der Waals surface area (Å²) >= 11 is 6.65. The Morgan fingerprint density at radius 3 is 2.32 bits per heavy atom. The average molecular weight is 557 g/mol. The van der Waals surface area contributed by atoms with Crippen LogP contribution in [0.15, 0.2) is 18.2 Å². The zero-order chi connectivity index (χ0) is 27.3. The molecule has 1 aliphatic heterocycles. The van der Waals surface area contributed by atoms with E-state index in [1.165, 1.54) is 32.0 Å². The summed E-state index contributed by atoms with van der Waals surface area (Å²) in [5, 5.41) is 8.32. The lowest BCUT2D eigenvalue weighted by Gasteiger charge is -2.30. The second kappa shape index (κ2) is 13.1. The number of benzene rings is 1. The third-order valence-electron chi connectivity index (χ3n) is 7.03. The number of alkyl halides is 3. The Morgan fingerprint density at radius 1 is 1.11 bits per heavy atom. The van der Waals surface area contributed by atoms with Gasteiger partial charge in [0.15, 0.2) is 0 Å². The van der Waals surface area contributed by atoms with Crippen molar-refractivity contribution in [3.05, 3.63) is 51.3 Å². The number of nitrogens with zero attached hydrogens (tertiary/aromatic N) is 3. The lowest BCUT2D eigenvalue weighted by molar-refractivity contribution is -0.143. The van der Waals surface area contributed by atoms with Crippen molar-refractivity contribution in [1.29, 1.82) is 0 Å². The minimum Gasteiger partial charge on any atom is -0.317 e. The summed E-state index contributed by atoms with van der Waals surface area (Å²) < 4.78 is 41.9. The predicted octanol–water partition coefficient (Wildman–Crippen LogP) is 7.80.